The number of rotatable bonds is 6. The highest BCUT2D eigenvalue weighted by atomic mass is 35.5. The van der Waals surface area contributed by atoms with E-state index in [1.807, 2.05) is 60.7 Å². The molecule has 0 spiro atoms. The van der Waals surface area contributed by atoms with Gasteiger partial charge in [-0.3, -0.25) is 9.78 Å². The quantitative estimate of drug-likeness (QED) is 0.285. The summed E-state index contributed by atoms with van der Waals surface area (Å²) in [5, 5.41) is 8.15. The number of anilines is 3. The maximum atomic E-state index is 12.6. The van der Waals surface area contributed by atoms with Crippen LogP contribution in [-0.4, -0.2) is 18.0 Å². The number of nitrogens with zero attached hydrogens (tertiary/aromatic N) is 1. The summed E-state index contributed by atoms with van der Waals surface area (Å²) >= 11 is 6.19. The van der Waals surface area contributed by atoms with Gasteiger partial charge < -0.3 is 15.4 Å². The number of benzene rings is 3. The maximum absolute atomic E-state index is 12.6. The molecule has 2 N–H and O–H groups in total. The number of halogens is 1. The third-order valence-electron chi connectivity index (χ3n) is 6.22. The van der Waals surface area contributed by atoms with Gasteiger partial charge in [0.25, 0.3) is 0 Å². The van der Waals surface area contributed by atoms with Crippen molar-refractivity contribution >= 4 is 51.5 Å². The van der Waals surface area contributed by atoms with E-state index in [1.54, 1.807) is 19.3 Å². The number of methoxy groups -OCH3 is 1. The van der Waals surface area contributed by atoms with E-state index in [0.29, 0.717) is 10.7 Å². The molecule has 0 unspecified atom stereocenters. The summed E-state index contributed by atoms with van der Waals surface area (Å²) < 4.78 is 5.57. The Morgan fingerprint density at radius 1 is 1.03 bits per heavy atom. The fourth-order valence-electron chi connectivity index (χ4n) is 4.49. The van der Waals surface area contributed by atoms with E-state index in [2.05, 4.69) is 10.6 Å². The molecule has 0 bridgehead atoms. The van der Waals surface area contributed by atoms with E-state index in [9.17, 15) is 4.79 Å². The van der Waals surface area contributed by atoms with Gasteiger partial charge in [-0.15, -0.1) is 0 Å². The normalized spacial score (nSPS) is 13.0. The second-order valence-corrected chi connectivity index (χ2v) is 8.93. The van der Waals surface area contributed by atoms with Crippen molar-refractivity contribution in [2.45, 2.75) is 25.7 Å². The Kier molecular flexibility index (Phi) is 6.68. The monoisotopic (exact) mass is 483 g/mol. The van der Waals surface area contributed by atoms with Gasteiger partial charge in [0.15, 0.2) is 0 Å². The summed E-state index contributed by atoms with van der Waals surface area (Å²) in [5.41, 5.74) is 6.68. The number of hydrogen-bond acceptors (Lipinski definition) is 4. The van der Waals surface area contributed by atoms with Gasteiger partial charge in [0, 0.05) is 27.9 Å². The summed E-state index contributed by atoms with van der Waals surface area (Å²) in [4.78, 5) is 17.6. The molecule has 1 amide bonds. The lowest BCUT2D eigenvalue weighted by Crippen LogP contribution is -2.11. The van der Waals surface area contributed by atoms with Gasteiger partial charge in [-0.05, 0) is 79.3 Å². The lowest BCUT2D eigenvalue weighted by atomic mass is 9.92. The highest BCUT2D eigenvalue weighted by Gasteiger charge is 2.19. The molecule has 0 saturated carbocycles. The van der Waals surface area contributed by atoms with Gasteiger partial charge in [0.05, 0.1) is 24.0 Å². The molecule has 0 fully saturated rings. The van der Waals surface area contributed by atoms with Crippen LogP contribution in [0.3, 0.4) is 0 Å². The van der Waals surface area contributed by atoms with E-state index >= 15 is 0 Å². The Hall–Kier alpha value is -3.83. The molecular formula is C29H26ClN3O2. The third-order valence-corrected chi connectivity index (χ3v) is 6.56. The van der Waals surface area contributed by atoms with E-state index in [1.165, 1.54) is 11.6 Å². The maximum Gasteiger partial charge on any atom is 0.248 e. The van der Waals surface area contributed by atoms with Gasteiger partial charge in [-0.25, -0.2) is 0 Å². The number of carbonyl (C=O) groups excluding carboxylic acids is 1. The number of aromatic nitrogens is 1. The van der Waals surface area contributed by atoms with Crippen molar-refractivity contribution in [2.75, 3.05) is 17.7 Å². The molecule has 6 heteroatoms. The zero-order valence-corrected chi connectivity index (χ0v) is 20.2. The molecule has 0 saturated heterocycles. The molecule has 4 aromatic rings. The standard InChI is InChI=1S/C29H26ClN3O2/c1-35-27-13-7-6-12-26(27)33-29-21-9-3-5-11-24(21)32-25-16-15-20(18-22(25)29)31-28(34)17-14-19-8-2-4-10-23(19)30/h2,4,6-8,10,12-18H,3,5,9,11H2,1H3,(H,31,34)(H,32,33)/b17-14+. The van der Waals surface area contributed by atoms with Crippen molar-refractivity contribution in [1.29, 1.82) is 0 Å². The highest BCUT2D eigenvalue weighted by molar-refractivity contribution is 6.32. The van der Waals surface area contributed by atoms with Crippen LogP contribution in [0.25, 0.3) is 17.0 Å². The van der Waals surface area contributed by atoms with E-state index in [0.717, 1.165) is 65.0 Å². The molecule has 5 rings (SSSR count). The summed E-state index contributed by atoms with van der Waals surface area (Å²) in [6.45, 7) is 0. The van der Waals surface area contributed by atoms with Crippen molar-refractivity contribution in [3.05, 3.63) is 94.6 Å². The largest absolute Gasteiger partial charge is 0.495 e. The molecular weight excluding hydrogens is 458 g/mol. The Balaban J connectivity index is 1.50. The second-order valence-electron chi connectivity index (χ2n) is 8.52. The van der Waals surface area contributed by atoms with Gasteiger partial charge in [-0.1, -0.05) is 41.9 Å². The first kappa shape index (κ1) is 22.9. The number of nitrogens with one attached hydrogen (secondary N) is 2. The molecule has 176 valence electrons. The van der Waals surface area contributed by atoms with Crippen LogP contribution < -0.4 is 15.4 Å². The number of fused-ring (bicyclic) bond motifs is 2. The molecule has 0 aliphatic heterocycles. The highest BCUT2D eigenvalue weighted by Crippen LogP contribution is 2.38. The van der Waals surface area contributed by atoms with Crippen LogP contribution in [0, 0.1) is 0 Å². The second kappa shape index (κ2) is 10.2. The topological polar surface area (TPSA) is 63.2 Å². The number of amides is 1. The van der Waals surface area contributed by atoms with Crippen LogP contribution in [0.15, 0.2) is 72.8 Å². The van der Waals surface area contributed by atoms with Crippen LogP contribution in [0.1, 0.15) is 29.7 Å². The van der Waals surface area contributed by atoms with E-state index in [-0.39, 0.29) is 5.91 Å². The first-order chi connectivity index (χ1) is 17.1. The zero-order chi connectivity index (χ0) is 24.2. The van der Waals surface area contributed by atoms with Crippen LogP contribution in [0.2, 0.25) is 5.02 Å². The number of carbonyl (C=O) groups is 1. The minimum Gasteiger partial charge on any atom is -0.495 e. The van der Waals surface area contributed by atoms with Crippen molar-refractivity contribution in [2.24, 2.45) is 0 Å². The van der Waals surface area contributed by atoms with Gasteiger partial charge >= 0.3 is 0 Å². The number of pyridine rings is 1. The molecule has 3 aromatic carbocycles. The lowest BCUT2D eigenvalue weighted by molar-refractivity contribution is -0.111. The molecule has 35 heavy (non-hydrogen) atoms. The number of aryl methyl sites for hydroxylation is 1. The first-order valence-electron chi connectivity index (χ1n) is 11.7. The molecule has 1 heterocycles. The predicted molar refractivity (Wildman–Crippen MR) is 144 cm³/mol. The zero-order valence-electron chi connectivity index (χ0n) is 19.5. The minimum absolute atomic E-state index is 0.227. The summed E-state index contributed by atoms with van der Waals surface area (Å²) in [7, 11) is 1.67. The molecule has 0 atom stereocenters. The average Bonchev–Trinajstić information content (AvgIpc) is 2.88. The minimum atomic E-state index is -0.227. The fourth-order valence-corrected chi connectivity index (χ4v) is 4.69. The van der Waals surface area contributed by atoms with Crippen LogP contribution in [-0.2, 0) is 17.6 Å². The Morgan fingerprint density at radius 2 is 1.83 bits per heavy atom. The average molecular weight is 484 g/mol. The Morgan fingerprint density at radius 3 is 2.69 bits per heavy atom. The third kappa shape index (κ3) is 5.00. The number of ether oxygens (including phenoxy) is 1. The van der Waals surface area contributed by atoms with E-state index in [4.69, 9.17) is 21.3 Å². The van der Waals surface area contributed by atoms with Crippen LogP contribution >= 0.6 is 11.6 Å². The van der Waals surface area contributed by atoms with Gasteiger partial charge in [0.2, 0.25) is 5.91 Å². The molecule has 0 radical (unpaired) electrons. The molecule has 5 nitrogen and oxygen atoms in total. The fraction of sp³-hybridized carbons (Fsp3) is 0.172. The SMILES string of the molecule is COc1ccccc1Nc1c2c(nc3ccc(NC(=O)/C=C/c4ccccc4Cl)cc13)CCCC2. The van der Waals surface area contributed by atoms with Crippen molar-refractivity contribution in [3.63, 3.8) is 0 Å². The van der Waals surface area contributed by atoms with Crippen molar-refractivity contribution in [3.8, 4) is 5.75 Å². The lowest BCUT2D eigenvalue weighted by Gasteiger charge is -2.22. The summed E-state index contributed by atoms with van der Waals surface area (Å²) in [5.74, 6) is 0.547. The van der Waals surface area contributed by atoms with Crippen molar-refractivity contribution < 1.29 is 9.53 Å². The van der Waals surface area contributed by atoms with Gasteiger partial charge in [-0.2, -0.15) is 0 Å². The smallest absolute Gasteiger partial charge is 0.248 e. The Labute approximate surface area is 209 Å². The number of hydrogen-bond donors (Lipinski definition) is 2. The number of para-hydroxylation sites is 2. The predicted octanol–water partition coefficient (Wildman–Crippen LogP) is 7.17. The molecule has 1 aromatic heterocycles. The van der Waals surface area contributed by atoms with Gasteiger partial charge in [0.1, 0.15) is 5.75 Å². The summed E-state index contributed by atoms with van der Waals surface area (Å²) in [6, 6.07) is 21.1. The Bertz CT molecular complexity index is 1430. The van der Waals surface area contributed by atoms with Crippen molar-refractivity contribution in [1.82, 2.24) is 4.98 Å². The first-order valence-corrected chi connectivity index (χ1v) is 12.1. The van der Waals surface area contributed by atoms with E-state index < -0.39 is 0 Å². The van der Waals surface area contributed by atoms with Crippen LogP contribution in [0.5, 0.6) is 5.75 Å². The summed E-state index contributed by atoms with van der Waals surface area (Å²) in [6.07, 6.45) is 7.41. The molecule has 1 aliphatic carbocycles. The molecule has 1 aliphatic rings. The van der Waals surface area contributed by atoms with Crippen LogP contribution in [0.4, 0.5) is 17.1 Å².